The Hall–Kier alpha value is -2.72. The summed E-state index contributed by atoms with van der Waals surface area (Å²) in [6.07, 6.45) is 7.96. The average molecular weight is 544 g/mol. The quantitative estimate of drug-likeness (QED) is 0.328. The van der Waals surface area contributed by atoms with Gasteiger partial charge in [-0.05, 0) is 67.6 Å². The third-order valence-corrected chi connectivity index (χ3v) is 8.11. The lowest BCUT2D eigenvalue weighted by Gasteiger charge is -2.27. The molecule has 1 aliphatic rings. The molecule has 1 saturated heterocycles. The molecule has 3 N–H and O–H groups in total. The van der Waals surface area contributed by atoms with Gasteiger partial charge in [0.25, 0.3) is 0 Å². The summed E-state index contributed by atoms with van der Waals surface area (Å²) < 4.78 is 26.6. The van der Waals surface area contributed by atoms with E-state index in [0.717, 1.165) is 41.8 Å². The van der Waals surface area contributed by atoms with E-state index >= 15 is 0 Å². The van der Waals surface area contributed by atoms with Crippen LogP contribution in [0.4, 0.5) is 5.95 Å². The Morgan fingerprint density at radius 1 is 1.16 bits per heavy atom. The minimum Gasteiger partial charge on any atom is -0.506 e. The number of phenolic OH excluding ortho intramolecular Hbond substituents is 1. The summed E-state index contributed by atoms with van der Waals surface area (Å²) in [4.78, 5) is 8.96. The number of phenols is 1. The number of rotatable bonds is 11. The number of hydrogen-bond donors (Lipinski definition) is 3. The number of benzene rings is 2. The van der Waals surface area contributed by atoms with Crippen LogP contribution in [0.5, 0.6) is 5.75 Å². The second-order valence-electron chi connectivity index (χ2n) is 9.46. The highest BCUT2D eigenvalue weighted by atomic mass is 35.5. The number of anilines is 1. The lowest BCUT2D eigenvalue weighted by molar-refractivity contribution is 0.331. The van der Waals surface area contributed by atoms with E-state index in [9.17, 15) is 13.5 Å². The zero-order chi connectivity index (χ0) is 26.3. The maximum absolute atomic E-state index is 12.5. The Morgan fingerprint density at radius 3 is 2.78 bits per heavy atom. The summed E-state index contributed by atoms with van der Waals surface area (Å²) in [5.74, 6) is 0.572. The summed E-state index contributed by atoms with van der Waals surface area (Å²) in [6, 6.07) is 15.2. The number of piperidine rings is 1. The number of halogens is 1. The standard InChI is InChI=1S/C27H34ClN5O3S/c1-37(35,36)33(16-12-23-7-2-3-13-29-23)19-21-5-4-6-22(17-21)25-11-15-31-27(32-25)30-14-10-20-8-9-26(34)24(28)18-20/h4-6,8-9,11,15,17-18,23,29,34H,2-3,7,10,12-14,16,19H2,1H3,(H,30,31,32). The van der Waals surface area contributed by atoms with Crippen molar-refractivity contribution in [3.8, 4) is 17.0 Å². The molecule has 8 nitrogen and oxygen atoms in total. The van der Waals surface area contributed by atoms with E-state index in [-0.39, 0.29) is 5.75 Å². The Labute approximate surface area is 224 Å². The van der Waals surface area contributed by atoms with Crippen molar-refractivity contribution >= 4 is 27.6 Å². The second-order valence-corrected chi connectivity index (χ2v) is 11.9. The topological polar surface area (TPSA) is 107 Å². The maximum Gasteiger partial charge on any atom is 0.223 e. The molecule has 0 spiro atoms. The van der Waals surface area contributed by atoms with Crippen molar-refractivity contribution in [3.63, 3.8) is 0 Å². The fourth-order valence-corrected chi connectivity index (χ4v) is 5.52. The van der Waals surface area contributed by atoms with Crippen molar-refractivity contribution in [1.29, 1.82) is 0 Å². The second kappa shape index (κ2) is 12.7. The van der Waals surface area contributed by atoms with Crippen LogP contribution in [-0.4, -0.2) is 59.7 Å². The molecule has 3 aromatic rings. The molecule has 0 amide bonds. The lowest BCUT2D eigenvalue weighted by atomic mass is 10.0. The fraction of sp³-hybridized carbons (Fsp3) is 0.407. The first kappa shape index (κ1) is 27.3. The monoisotopic (exact) mass is 543 g/mol. The van der Waals surface area contributed by atoms with Gasteiger partial charge in [0.2, 0.25) is 16.0 Å². The van der Waals surface area contributed by atoms with Gasteiger partial charge in [-0.25, -0.2) is 18.4 Å². The van der Waals surface area contributed by atoms with Gasteiger partial charge in [0.15, 0.2) is 0 Å². The van der Waals surface area contributed by atoms with Gasteiger partial charge in [0, 0.05) is 37.4 Å². The van der Waals surface area contributed by atoms with Crippen LogP contribution in [0.3, 0.4) is 0 Å². The highest BCUT2D eigenvalue weighted by Crippen LogP contribution is 2.24. The van der Waals surface area contributed by atoms with Crippen molar-refractivity contribution < 1.29 is 13.5 Å². The summed E-state index contributed by atoms with van der Waals surface area (Å²) in [7, 11) is -3.34. The normalized spacial score (nSPS) is 16.1. The SMILES string of the molecule is CS(=O)(=O)N(CCC1CCCCN1)Cc1cccc(-c2ccnc(NCCc3ccc(O)c(Cl)c3)n2)c1. The van der Waals surface area contributed by atoms with E-state index in [1.807, 2.05) is 36.4 Å². The van der Waals surface area contributed by atoms with Gasteiger partial charge in [-0.2, -0.15) is 4.31 Å². The van der Waals surface area contributed by atoms with E-state index < -0.39 is 10.0 Å². The number of sulfonamides is 1. The van der Waals surface area contributed by atoms with Crippen LogP contribution >= 0.6 is 11.6 Å². The number of aromatic hydroxyl groups is 1. The van der Waals surface area contributed by atoms with E-state index in [4.69, 9.17) is 11.6 Å². The molecule has 0 saturated carbocycles. The molecule has 0 aliphatic carbocycles. The van der Waals surface area contributed by atoms with E-state index in [1.165, 1.54) is 19.1 Å². The van der Waals surface area contributed by atoms with Gasteiger partial charge in [-0.15, -0.1) is 0 Å². The predicted octanol–water partition coefficient (Wildman–Crippen LogP) is 4.45. The number of hydrogen-bond acceptors (Lipinski definition) is 7. The molecule has 0 radical (unpaired) electrons. The zero-order valence-corrected chi connectivity index (χ0v) is 22.6. The fourth-order valence-electron chi connectivity index (χ4n) is 4.49. The summed E-state index contributed by atoms with van der Waals surface area (Å²) in [5, 5.41) is 16.6. The van der Waals surface area contributed by atoms with Gasteiger partial charge in [0.05, 0.1) is 17.0 Å². The third-order valence-electron chi connectivity index (χ3n) is 6.55. The predicted molar refractivity (Wildman–Crippen MR) is 148 cm³/mol. The molecule has 0 bridgehead atoms. The minimum atomic E-state index is -3.34. The van der Waals surface area contributed by atoms with Crippen LogP contribution < -0.4 is 10.6 Å². The molecule has 2 heterocycles. The molecule has 1 aliphatic heterocycles. The van der Waals surface area contributed by atoms with Crippen molar-refractivity contribution in [2.45, 2.75) is 44.7 Å². The zero-order valence-electron chi connectivity index (χ0n) is 21.0. The largest absolute Gasteiger partial charge is 0.506 e. The molecule has 1 aromatic heterocycles. The molecule has 4 rings (SSSR count). The van der Waals surface area contributed by atoms with Gasteiger partial charge in [-0.3, -0.25) is 0 Å². The first-order chi connectivity index (χ1) is 17.8. The molecule has 1 atom stereocenters. The van der Waals surface area contributed by atoms with E-state index in [0.29, 0.717) is 43.1 Å². The van der Waals surface area contributed by atoms with Crippen LogP contribution in [0.2, 0.25) is 5.02 Å². The van der Waals surface area contributed by atoms with Crippen LogP contribution in [0, 0.1) is 0 Å². The van der Waals surface area contributed by atoms with E-state index in [1.54, 1.807) is 22.6 Å². The Kier molecular flexibility index (Phi) is 9.37. The smallest absolute Gasteiger partial charge is 0.223 e. The molecule has 10 heteroatoms. The average Bonchev–Trinajstić information content (AvgIpc) is 2.89. The van der Waals surface area contributed by atoms with Gasteiger partial charge in [-0.1, -0.05) is 42.3 Å². The number of nitrogens with zero attached hydrogens (tertiary/aromatic N) is 3. The molecule has 2 aromatic carbocycles. The van der Waals surface area contributed by atoms with E-state index in [2.05, 4.69) is 20.6 Å². The molecular weight excluding hydrogens is 510 g/mol. The third kappa shape index (κ3) is 8.13. The van der Waals surface area contributed by atoms with Crippen molar-refractivity contribution in [3.05, 3.63) is 70.9 Å². The molecule has 1 unspecified atom stereocenters. The van der Waals surface area contributed by atoms with Crippen LogP contribution in [-0.2, 0) is 23.0 Å². The summed E-state index contributed by atoms with van der Waals surface area (Å²) in [6.45, 7) is 2.43. The first-order valence-corrected chi connectivity index (χ1v) is 14.8. The van der Waals surface area contributed by atoms with Gasteiger partial charge >= 0.3 is 0 Å². The minimum absolute atomic E-state index is 0.0672. The van der Waals surface area contributed by atoms with Gasteiger partial charge < -0.3 is 15.7 Å². The van der Waals surface area contributed by atoms with Gasteiger partial charge in [0.1, 0.15) is 5.75 Å². The molecule has 198 valence electrons. The molecular formula is C27H34ClN5O3S. The van der Waals surface area contributed by atoms with Crippen molar-refractivity contribution in [2.24, 2.45) is 0 Å². The van der Waals surface area contributed by atoms with Crippen LogP contribution in [0.25, 0.3) is 11.3 Å². The molecule has 1 fully saturated rings. The Bertz CT molecular complexity index is 1300. The molecule has 37 heavy (non-hydrogen) atoms. The highest BCUT2D eigenvalue weighted by molar-refractivity contribution is 7.88. The number of nitrogens with one attached hydrogen (secondary N) is 2. The van der Waals surface area contributed by atoms with Crippen molar-refractivity contribution in [2.75, 3.05) is 31.2 Å². The van der Waals surface area contributed by atoms with Crippen LogP contribution in [0.1, 0.15) is 36.8 Å². The Balaban J connectivity index is 1.39. The lowest BCUT2D eigenvalue weighted by Crippen LogP contribution is -2.38. The summed E-state index contributed by atoms with van der Waals surface area (Å²) in [5.41, 5.74) is 3.56. The summed E-state index contributed by atoms with van der Waals surface area (Å²) >= 11 is 5.99. The maximum atomic E-state index is 12.5. The van der Waals surface area contributed by atoms with Crippen molar-refractivity contribution in [1.82, 2.24) is 19.6 Å². The Morgan fingerprint density at radius 2 is 2.03 bits per heavy atom. The number of aromatic nitrogens is 2. The highest BCUT2D eigenvalue weighted by Gasteiger charge is 2.20. The van der Waals surface area contributed by atoms with Crippen LogP contribution in [0.15, 0.2) is 54.7 Å². The first-order valence-electron chi connectivity index (χ1n) is 12.6.